The van der Waals surface area contributed by atoms with Crippen LogP contribution in [0, 0.1) is 5.41 Å². The fourth-order valence-corrected chi connectivity index (χ4v) is 2.54. The van der Waals surface area contributed by atoms with E-state index in [0.29, 0.717) is 12.3 Å². The predicted molar refractivity (Wildman–Crippen MR) is 71.6 cm³/mol. The van der Waals surface area contributed by atoms with Crippen molar-refractivity contribution in [1.29, 1.82) is 0 Å². The summed E-state index contributed by atoms with van der Waals surface area (Å²) >= 11 is 1.26. The molecule has 0 saturated carbocycles. The summed E-state index contributed by atoms with van der Waals surface area (Å²) in [6, 6.07) is 0. The molecule has 1 saturated heterocycles. The highest BCUT2D eigenvalue weighted by Crippen LogP contribution is 2.25. The lowest BCUT2D eigenvalue weighted by molar-refractivity contribution is -0.161. The van der Waals surface area contributed by atoms with E-state index >= 15 is 0 Å². The molecule has 2 unspecified atom stereocenters. The van der Waals surface area contributed by atoms with Gasteiger partial charge in [0.15, 0.2) is 0 Å². The zero-order chi connectivity index (χ0) is 14.6. The van der Waals surface area contributed by atoms with Crippen molar-refractivity contribution in [2.45, 2.75) is 38.7 Å². The lowest BCUT2D eigenvalue weighted by Crippen LogP contribution is -2.40. The van der Waals surface area contributed by atoms with Gasteiger partial charge in [0.2, 0.25) is 0 Å². The summed E-state index contributed by atoms with van der Waals surface area (Å²) in [5.41, 5.74) is -0.566. The first-order valence-corrected chi connectivity index (χ1v) is 7.26. The first kappa shape index (κ1) is 16.3. The number of carbonyl (C=O) groups excluding carboxylic acids is 1. The minimum absolute atomic E-state index is 0.130. The number of hydrogen-bond acceptors (Lipinski definition) is 6. The van der Waals surface area contributed by atoms with Crippen LogP contribution in [0.15, 0.2) is 0 Å². The number of rotatable bonds is 6. The Morgan fingerprint density at radius 3 is 2.63 bits per heavy atom. The van der Waals surface area contributed by atoms with Crippen molar-refractivity contribution in [3.05, 3.63) is 0 Å². The van der Waals surface area contributed by atoms with Gasteiger partial charge in [-0.2, -0.15) is 0 Å². The largest absolute Gasteiger partial charge is 0.480 e. The Kier molecular flexibility index (Phi) is 5.64. The normalized spacial score (nSPS) is 22.2. The van der Waals surface area contributed by atoms with Gasteiger partial charge in [-0.3, -0.25) is 14.5 Å². The molecule has 1 rings (SSSR count). The minimum Gasteiger partial charge on any atom is -0.480 e. The Bertz CT molecular complexity index is 347. The zero-order valence-corrected chi connectivity index (χ0v) is 12.3. The average Bonchev–Trinajstić information content (AvgIpc) is 2.85. The van der Waals surface area contributed by atoms with Crippen LogP contribution in [0.5, 0.6) is 0 Å². The van der Waals surface area contributed by atoms with Crippen LogP contribution in [-0.2, 0) is 14.3 Å². The van der Waals surface area contributed by atoms with Gasteiger partial charge in [0, 0.05) is 12.4 Å². The highest BCUT2D eigenvalue weighted by Gasteiger charge is 2.33. The van der Waals surface area contributed by atoms with E-state index in [0.717, 1.165) is 0 Å². The molecule has 7 heteroatoms. The van der Waals surface area contributed by atoms with Crippen molar-refractivity contribution in [3.63, 3.8) is 0 Å². The third kappa shape index (κ3) is 4.36. The standard InChI is InChI=1S/C12H21NO5S/c1-4-12(2,3)11(17)18-6-9(14)13-5-8(10(15)16)19-7-13/h8-9,14H,4-7H2,1-3H3,(H,15,16). The molecule has 1 heterocycles. The lowest BCUT2D eigenvalue weighted by atomic mass is 9.91. The van der Waals surface area contributed by atoms with E-state index in [-0.39, 0.29) is 19.1 Å². The summed E-state index contributed by atoms with van der Waals surface area (Å²) in [5, 5.41) is 18.2. The molecule has 110 valence electrons. The van der Waals surface area contributed by atoms with E-state index in [4.69, 9.17) is 9.84 Å². The Balaban J connectivity index is 2.39. The van der Waals surface area contributed by atoms with E-state index in [1.54, 1.807) is 18.7 Å². The number of aliphatic carboxylic acids is 1. The maximum absolute atomic E-state index is 11.7. The number of hydrogen-bond donors (Lipinski definition) is 2. The van der Waals surface area contributed by atoms with Crippen LogP contribution in [0.4, 0.5) is 0 Å². The van der Waals surface area contributed by atoms with Crippen LogP contribution in [0.3, 0.4) is 0 Å². The molecule has 0 aliphatic carbocycles. The van der Waals surface area contributed by atoms with E-state index < -0.39 is 22.9 Å². The number of ether oxygens (including phenoxy) is 1. The van der Waals surface area contributed by atoms with Crippen molar-refractivity contribution >= 4 is 23.7 Å². The van der Waals surface area contributed by atoms with E-state index in [1.165, 1.54) is 11.8 Å². The Morgan fingerprint density at radius 1 is 1.53 bits per heavy atom. The summed E-state index contributed by atoms with van der Waals surface area (Å²) in [6.07, 6.45) is -0.295. The van der Waals surface area contributed by atoms with Gasteiger partial charge in [0.25, 0.3) is 0 Å². The second kappa shape index (κ2) is 6.58. The predicted octanol–water partition coefficient (Wildman–Crippen LogP) is 0.744. The highest BCUT2D eigenvalue weighted by atomic mass is 32.2. The molecule has 0 aromatic rings. The molecule has 1 aliphatic rings. The number of aliphatic hydroxyl groups is 1. The second-order valence-electron chi connectivity index (χ2n) is 5.21. The minimum atomic E-state index is -0.951. The van der Waals surface area contributed by atoms with Gasteiger partial charge in [0.05, 0.1) is 5.41 Å². The molecule has 0 aromatic carbocycles. The monoisotopic (exact) mass is 291 g/mol. The molecule has 0 amide bonds. The van der Waals surface area contributed by atoms with Crippen LogP contribution < -0.4 is 0 Å². The van der Waals surface area contributed by atoms with Gasteiger partial charge in [0.1, 0.15) is 18.1 Å². The van der Waals surface area contributed by atoms with Crippen LogP contribution in [0.25, 0.3) is 0 Å². The molecule has 1 fully saturated rings. The summed E-state index contributed by atoms with van der Waals surface area (Å²) in [4.78, 5) is 24.1. The van der Waals surface area contributed by atoms with Crippen molar-refractivity contribution in [3.8, 4) is 0 Å². The lowest BCUT2D eigenvalue weighted by Gasteiger charge is -2.25. The maximum atomic E-state index is 11.7. The average molecular weight is 291 g/mol. The second-order valence-corrected chi connectivity index (χ2v) is 6.37. The Hall–Kier alpha value is -0.790. The molecule has 2 atom stereocenters. The maximum Gasteiger partial charge on any atom is 0.317 e. The number of nitrogens with zero attached hydrogens (tertiary/aromatic N) is 1. The molecular weight excluding hydrogens is 270 g/mol. The summed E-state index contributed by atoms with van der Waals surface area (Å²) in [7, 11) is 0. The molecule has 1 aliphatic heterocycles. The van der Waals surface area contributed by atoms with Gasteiger partial charge < -0.3 is 14.9 Å². The number of thioether (sulfide) groups is 1. The molecule has 0 aromatic heterocycles. The van der Waals surface area contributed by atoms with E-state index in [9.17, 15) is 14.7 Å². The number of carboxylic acids is 1. The molecular formula is C12H21NO5S. The molecule has 19 heavy (non-hydrogen) atoms. The number of aliphatic hydroxyl groups excluding tert-OH is 1. The molecule has 0 radical (unpaired) electrons. The van der Waals surface area contributed by atoms with Gasteiger partial charge in [-0.05, 0) is 20.3 Å². The molecule has 0 bridgehead atoms. The summed E-state index contributed by atoms with van der Waals surface area (Å²) < 4.78 is 5.08. The van der Waals surface area contributed by atoms with Crippen molar-refractivity contribution in [1.82, 2.24) is 4.90 Å². The summed E-state index contributed by atoms with van der Waals surface area (Å²) in [5.74, 6) is -0.813. The molecule has 0 spiro atoms. The Morgan fingerprint density at radius 2 is 2.16 bits per heavy atom. The van der Waals surface area contributed by atoms with Crippen molar-refractivity contribution in [2.24, 2.45) is 5.41 Å². The van der Waals surface area contributed by atoms with Crippen LogP contribution in [0.2, 0.25) is 0 Å². The topological polar surface area (TPSA) is 87.1 Å². The van der Waals surface area contributed by atoms with Gasteiger partial charge in [-0.25, -0.2) is 0 Å². The van der Waals surface area contributed by atoms with Gasteiger partial charge >= 0.3 is 11.9 Å². The van der Waals surface area contributed by atoms with Gasteiger partial charge in [-0.1, -0.05) is 6.92 Å². The first-order valence-electron chi connectivity index (χ1n) is 6.21. The fraction of sp³-hybridized carbons (Fsp3) is 0.833. The zero-order valence-electron chi connectivity index (χ0n) is 11.5. The quantitative estimate of drug-likeness (QED) is 0.698. The van der Waals surface area contributed by atoms with Crippen LogP contribution >= 0.6 is 11.8 Å². The smallest absolute Gasteiger partial charge is 0.317 e. The first-order chi connectivity index (χ1) is 8.77. The van der Waals surface area contributed by atoms with E-state index in [2.05, 4.69) is 0 Å². The van der Waals surface area contributed by atoms with Crippen molar-refractivity contribution < 1.29 is 24.5 Å². The Labute approximate surface area is 117 Å². The third-order valence-corrected chi connectivity index (χ3v) is 4.57. The third-order valence-electron chi connectivity index (χ3n) is 3.34. The highest BCUT2D eigenvalue weighted by molar-refractivity contribution is 8.00. The van der Waals surface area contributed by atoms with Gasteiger partial charge in [-0.15, -0.1) is 11.8 Å². The fourth-order valence-electron chi connectivity index (χ4n) is 1.46. The van der Waals surface area contributed by atoms with E-state index in [1.807, 2.05) is 6.92 Å². The van der Waals surface area contributed by atoms with Crippen molar-refractivity contribution in [2.75, 3.05) is 19.0 Å². The number of esters is 1. The molecule has 6 nitrogen and oxygen atoms in total. The van der Waals surface area contributed by atoms with Crippen LogP contribution in [-0.4, -0.2) is 57.6 Å². The SMILES string of the molecule is CCC(C)(C)C(=O)OCC(O)N1CSC(C(=O)O)C1. The number of carbonyl (C=O) groups is 2. The molecule has 2 N–H and O–H groups in total. The number of carboxylic acid groups (broad SMARTS) is 1. The van der Waals surface area contributed by atoms with Crippen LogP contribution in [0.1, 0.15) is 27.2 Å². The summed E-state index contributed by atoms with van der Waals surface area (Å²) in [6.45, 7) is 5.60.